The zero-order valence-electron chi connectivity index (χ0n) is 12.3. The molecule has 126 valence electrons. The van der Waals surface area contributed by atoms with Crippen LogP contribution in [0.5, 0.6) is 0 Å². The summed E-state index contributed by atoms with van der Waals surface area (Å²) < 4.78 is 64.5. The molecule has 2 aromatic rings. The molecule has 0 aliphatic carbocycles. The van der Waals surface area contributed by atoms with Gasteiger partial charge in [0.2, 0.25) is 0 Å². The van der Waals surface area contributed by atoms with Gasteiger partial charge in [-0.3, -0.25) is 4.72 Å². The van der Waals surface area contributed by atoms with Gasteiger partial charge >= 0.3 is 6.18 Å². The molecule has 0 radical (unpaired) electrons. The molecule has 0 fully saturated rings. The van der Waals surface area contributed by atoms with Gasteiger partial charge in [-0.25, -0.2) is 8.42 Å². The summed E-state index contributed by atoms with van der Waals surface area (Å²) in [6.45, 7) is 1.66. The first kappa shape index (κ1) is 18.2. The first-order valence-electron chi connectivity index (χ1n) is 6.50. The quantitative estimate of drug-likeness (QED) is 0.638. The molecule has 24 heavy (non-hydrogen) atoms. The van der Waals surface area contributed by atoms with Crippen molar-refractivity contribution in [2.24, 2.45) is 0 Å². The van der Waals surface area contributed by atoms with Crippen LogP contribution in [0.1, 0.15) is 11.1 Å². The summed E-state index contributed by atoms with van der Waals surface area (Å²) in [7, 11) is -4.01. The number of thiocyanates is 1. The van der Waals surface area contributed by atoms with Gasteiger partial charge in [-0.15, -0.1) is 0 Å². The summed E-state index contributed by atoms with van der Waals surface area (Å²) in [5.41, 5.74) is -0.0431. The standard InChI is InChI=1S/C15H11F3N2O2S2/c1-10-8-12(23-9-19)4-7-14(10)20-24(21,22)13-5-2-11(3-6-13)15(16,17)18/h2-8,20H,1H3. The van der Waals surface area contributed by atoms with Crippen molar-refractivity contribution in [3.63, 3.8) is 0 Å². The second-order valence-corrected chi connectivity index (χ2v) is 7.34. The summed E-state index contributed by atoms with van der Waals surface area (Å²) in [6.07, 6.45) is -4.53. The highest BCUT2D eigenvalue weighted by Gasteiger charge is 2.30. The lowest BCUT2D eigenvalue weighted by molar-refractivity contribution is -0.137. The molecule has 0 saturated carbocycles. The van der Waals surface area contributed by atoms with Crippen LogP contribution in [-0.4, -0.2) is 8.42 Å². The number of aryl methyl sites for hydroxylation is 1. The predicted molar refractivity (Wildman–Crippen MR) is 84.9 cm³/mol. The van der Waals surface area contributed by atoms with Gasteiger partial charge in [0.1, 0.15) is 5.40 Å². The van der Waals surface area contributed by atoms with Gasteiger partial charge in [0, 0.05) is 4.90 Å². The third-order valence-corrected chi connectivity index (χ3v) is 5.06. The Morgan fingerprint density at radius 1 is 1.12 bits per heavy atom. The number of thioether (sulfide) groups is 1. The Morgan fingerprint density at radius 2 is 1.75 bits per heavy atom. The number of nitriles is 1. The Kier molecular flexibility index (Phi) is 5.11. The fourth-order valence-corrected chi connectivity index (χ4v) is 3.50. The lowest BCUT2D eigenvalue weighted by Gasteiger charge is -2.12. The fourth-order valence-electron chi connectivity index (χ4n) is 1.89. The molecule has 0 atom stereocenters. The molecule has 9 heteroatoms. The van der Waals surface area contributed by atoms with Gasteiger partial charge in [0.05, 0.1) is 16.1 Å². The highest BCUT2D eigenvalue weighted by Crippen LogP contribution is 2.30. The molecular formula is C15H11F3N2O2S2. The van der Waals surface area contributed by atoms with Crippen molar-refractivity contribution in [1.29, 1.82) is 5.26 Å². The third kappa shape index (κ3) is 4.21. The normalized spacial score (nSPS) is 11.8. The minimum atomic E-state index is -4.53. The average molecular weight is 372 g/mol. The molecular weight excluding hydrogens is 361 g/mol. The molecule has 0 bridgehead atoms. The molecule has 0 heterocycles. The number of sulfonamides is 1. The fraction of sp³-hybridized carbons (Fsp3) is 0.133. The molecule has 4 nitrogen and oxygen atoms in total. The number of nitrogens with one attached hydrogen (secondary N) is 1. The lowest BCUT2D eigenvalue weighted by Crippen LogP contribution is -2.14. The number of hydrogen-bond donors (Lipinski definition) is 1. The Hall–Kier alpha value is -2.18. The molecule has 2 rings (SSSR count). The first-order valence-corrected chi connectivity index (χ1v) is 8.80. The molecule has 0 spiro atoms. The van der Waals surface area contributed by atoms with Gasteiger partial charge in [0.25, 0.3) is 10.0 Å². The van der Waals surface area contributed by atoms with Crippen LogP contribution < -0.4 is 4.72 Å². The summed E-state index contributed by atoms with van der Waals surface area (Å²) in [4.78, 5) is 0.387. The average Bonchev–Trinajstić information content (AvgIpc) is 2.49. The maximum absolute atomic E-state index is 12.5. The van der Waals surface area contributed by atoms with Gasteiger partial charge in [-0.1, -0.05) is 0 Å². The number of alkyl halides is 3. The second kappa shape index (κ2) is 6.75. The molecule has 0 aromatic heterocycles. The topological polar surface area (TPSA) is 70.0 Å². The van der Waals surface area contributed by atoms with Crippen molar-refractivity contribution in [3.05, 3.63) is 53.6 Å². The van der Waals surface area contributed by atoms with Crippen LogP contribution in [0.2, 0.25) is 0 Å². The smallest absolute Gasteiger partial charge is 0.279 e. The van der Waals surface area contributed by atoms with Crippen LogP contribution in [0.4, 0.5) is 18.9 Å². The van der Waals surface area contributed by atoms with E-state index in [1.165, 1.54) is 6.07 Å². The Morgan fingerprint density at radius 3 is 2.25 bits per heavy atom. The van der Waals surface area contributed by atoms with Crippen LogP contribution >= 0.6 is 11.8 Å². The predicted octanol–water partition coefficient (Wildman–Crippen LogP) is 4.39. The van der Waals surface area contributed by atoms with E-state index in [-0.39, 0.29) is 10.6 Å². The van der Waals surface area contributed by atoms with E-state index in [0.717, 1.165) is 23.9 Å². The zero-order chi connectivity index (χ0) is 18.0. The van der Waals surface area contributed by atoms with Crippen LogP contribution in [-0.2, 0) is 16.2 Å². The summed E-state index contributed by atoms with van der Waals surface area (Å²) in [5.74, 6) is 0. The van der Waals surface area contributed by atoms with Crippen molar-refractivity contribution in [2.45, 2.75) is 22.9 Å². The number of anilines is 1. The van der Waals surface area contributed by atoms with E-state index in [0.29, 0.717) is 22.6 Å². The van der Waals surface area contributed by atoms with Crippen molar-refractivity contribution in [1.82, 2.24) is 0 Å². The van der Waals surface area contributed by atoms with Crippen molar-refractivity contribution in [2.75, 3.05) is 4.72 Å². The molecule has 0 saturated heterocycles. The number of rotatable bonds is 4. The highest BCUT2D eigenvalue weighted by atomic mass is 32.2. The highest BCUT2D eigenvalue weighted by molar-refractivity contribution is 8.03. The Labute approximate surface area is 141 Å². The van der Waals surface area contributed by atoms with Crippen LogP contribution in [0.15, 0.2) is 52.3 Å². The molecule has 0 aliphatic heterocycles. The van der Waals surface area contributed by atoms with Crippen molar-refractivity contribution in [3.8, 4) is 5.40 Å². The lowest BCUT2D eigenvalue weighted by atomic mass is 10.2. The molecule has 0 aliphatic rings. The summed E-state index contributed by atoms with van der Waals surface area (Å²) in [5, 5.41) is 10.5. The number of nitrogens with zero attached hydrogens (tertiary/aromatic N) is 1. The van der Waals surface area contributed by atoms with Gasteiger partial charge in [0.15, 0.2) is 0 Å². The molecule has 2 aromatic carbocycles. The van der Waals surface area contributed by atoms with Gasteiger partial charge < -0.3 is 0 Å². The summed E-state index contributed by atoms with van der Waals surface area (Å²) >= 11 is 0.938. The SMILES string of the molecule is Cc1cc(SC#N)ccc1NS(=O)(=O)c1ccc(C(F)(F)F)cc1. The zero-order valence-corrected chi connectivity index (χ0v) is 13.9. The van der Waals surface area contributed by atoms with Gasteiger partial charge in [-0.05, 0) is 66.7 Å². The van der Waals surface area contributed by atoms with E-state index in [1.54, 1.807) is 19.1 Å². The van der Waals surface area contributed by atoms with E-state index in [1.807, 2.05) is 5.40 Å². The Bertz CT molecular complexity index is 886. The largest absolute Gasteiger partial charge is 0.416 e. The van der Waals surface area contributed by atoms with E-state index in [9.17, 15) is 21.6 Å². The monoisotopic (exact) mass is 372 g/mol. The van der Waals surface area contributed by atoms with Crippen molar-refractivity contribution < 1.29 is 21.6 Å². The van der Waals surface area contributed by atoms with Crippen LogP contribution in [0, 0.1) is 17.6 Å². The summed E-state index contributed by atoms with van der Waals surface area (Å²) in [6, 6.07) is 7.95. The molecule has 1 N–H and O–H groups in total. The molecule has 0 amide bonds. The molecule has 0 unspecified atom stereocenters. The maximum Gasteiger partial charge on any atom is 0.416 e. The van der Waals surface area contributed by atoms with Crippen molar-refractivity contribution >= 4 is 27.5 Å². The number of halogens is 3. The minimum absolute atomic E-state index is 0.273. The second-order valence-electron chi connectivity index (χ2n) is 4.80. The minimum Gasteiger partial charge on any atom is -0.279 e. The van der Waals surface area contributed by atoms with Crippen LogP contribution in [0.3, 0.4) is 0 Å². The first-order chi connectivity index (χ1) is 11.1. The van der Waals surface area contributed by atoms with E-state index >= 15 is 0 Å². The van der Waals surface area contributed by atoms with E-state index in [2.05, 4.69) is 4.72 Å². The maximum atomic E-state index is 12.5. The van der Waals surface area contributed by atoms with Gasteiger partial charge in [-0.2, -0.15) is 18.4 Å². The number of hydrogen-bond acceptors (Lipinski definition) is 4. The van der Waals surface area contributed by atoms with E-state index < -0.39 is 21.8 Å². The third-order valence-electron chi connectivity index (χ3n) is 3.10. The number of benzene rings is 2. The van der Waals surface area contributed by atoms with E-state index in [4.69, 9.17) is 5.26 Å². The van der Waals surface area contributed by atoms with Crippen LogP contribution in [0.25, 0.3) is 0 Å². The Balaban J connectivity index is 2.27.